The van der Waals surface area contributed by atoms with Crippen molar-refractivity contribution in [2.45, 2.75) is 29.9 Å². The summed E-state index contributed by atoms with van der Waals surface area (Å²) in [5.74, 6) is -0.123. The van der Waals surface area contributed by atoms with Gasteiger partial charge in [0.05, 0.1) is 18.9 Å². The third-order valence-electron chi connectivity index (χ3n) is 4.58. The molecule has 0 saturated carbocycles. The molecule has 0 radical (unpaired) electrons. The second-order valence-electron chi connectivity index (χ2n) is 7.29. The zero-order chi connectivity index (χ0) is 18.6. The molecular weight excluding hydrogens is 350 g/mol. The molecular formula is C19H27N3O3S. The highest BCUT2D eigenvalue weighted by molar-refractivity contribution is 8.00. The fourth-order valence-electron chi connectivity index (χ4n) is 3.25. The molecule has 142 valence electrons. The Morgan fingerprint density at radius 2 is 2.00 bits per heavy atom. The van der Waals surface area contributed by atoms with Crippen molar-refractivity contribution < 1.29 is 14.3 Å². The van der Waals surface area contributed by atoms with Crippen molar-refractivity contribution in [3.05, 3.63) is 24.3 Å². The molecule has 1 aromatic rings. The van der Waals surface area contributed by atoms with Crippen LogP contribution in [0.4, 0.5) is 5.69 Å². The highest BCUT2D eigenvalue weighted by Gasteiger charge is 2.33. The minimum atomic E-state index is -0.186. The maximum Gasteiger partial charge on any atom is 0.240 e. The van der Waals surface area contributed by atoms with Crippen LogP contribution in [0.5, 0.6) is 0 Å². The molecule has 0 unspecified atom stereocenters. The molecule has 2 aliphatic heterocycles. The average Bonchev–Trinajstić information content (AvgIpc) is 2.69. The van der Waals surface area contributed by atoms with Crippen molar-refractivity contribution in [1.82, 2.24) is 10.2 Å². The number of nitrogens with one attached hydrogen (secondary N) is 1. The highest BCUT2D eigenvalue weighted by Crippen LogP contribution is 2.43. The van der Waals surface area contributed by atoms with Gasteiger partial charge in [-0.15, -0.1) is 11.8 Å². The maximum atomic E-state index is 12.8. The summed E-state index contributed by atoms with van der Waals surface area (Å²) in [4.78, 5) is 30.1. The lowest BCUT2D eigenvalue weighted by Gasteiger charge is -2.27. The first kappa shape index (κ1) is 19.2. The summed E-state index contributed by atoms with van der Waals surface area (Å²) < 4.78 is 5.14. The van der Waals surface area contributed by atoms with E-state index in [1.165, 1.54) is 0 Å². The van der Waals surface area contributed by atoms with E-state index < -0.39 is 0 Å². The summed E-state index contributed by atoms with van der Waals surface area (Å²) in [6.07, 6.45) is 0.410. The van der Waals surface area contributed by atoms with Gasteiger partial charge in [-0.2, -0.15) is 0 Å². The molecule has 26 heavy (non-hydrogen) atoms. The lowest BCUT2D eigenvalue weighted by molar-refractivity contribution is -0.124. The third-order valence-corrected chi connectivity index (χ3v) is 5.84. The van der Waals surface area contributed by atoms with Gasteiger partial charge < -0.3 is 15.0 Å². The number of hydrogen-bond donors (Lipinski definition) is 1. The van der Waals surface area contributed by atoms with Gasteiger partial charge in [0.2, 0.25) is 11.8 Å². The molecule has 0 aliphatic carbocycles. The zero-order valence-electron chi connectivity index (χ0n) is 15.5. The largest absolute Gasteiger partial charge is 0.379 e. The number of carbonyl (C=O) groups excluding carboxylic acids is 2. The number of anilines is 1. The first-order valence-corrected chi connectivity index (χ1v) is 9.91. The number of fused-ring (bicyclic) bond motifs is 1. The normalized spacial score (nSPS) is 20.4. The number of nitrogens with zero attached hydrogens (tertiary/aromatic N) is 2. The molecule has 1 N–H and O–H groups in total. The van der Waals surface area contributed by atoms with E-state index in [-0.39, 0.29) is 23.1 Å². The Kier molecular flexibility index (Phi) is 6.21. The van der Waals surface area contributed by atoms with E-state index in [1.54, 1.807) is 16.7 Å². The number of ether oxygens (including phenoxy) is 1. The van der Waals surface area contributed by atoms with E-state index in [4.69, 9.17) is 4.74 Å². The molecule has 0 atom stereocenters. The number of rotatable bonds is 5. The van der Waals surface area contributed by atoms with Crippen molar-refractivity contribution in [1.29, 1.82) is 0 Å². The predicted octanol–water partition coefficient (Wildman–Crippen LogP) is 1.74. The second kappa shape index (κ2) is 8.41. The van der Waals surface area contributed by atoms with Crippen LogP contribution in [0.15, 0.2) is 29.2 Å². The van der Waals surface area contributed by atoms with Gasteiger partial charge in [-0.05, 0) is 26.0 Å². The van der Waals surface area contributed by atoms with Gasteiger partial charge >= 0.3 is 0 Å². The van der Waals surface area contributed by atoms with E-state index in [2.05, 4.69) is 24.1 Å². The number of morpholine rings is 1. The van der Waals surface area contributed by atoms with Crippen LogP contribution >= 0.6 is 11.8 Å². The van der Waals surface area contributed by atoms with E-state index >= 15 is 0 Å². The predicted molar refractivity (Wildman–Crippen MR) is 104 cm³/mol. The monoisotopic (exact) mass is 377 g/mol. The molecule has 2 aliphatic rings. The van der Waals surface area contributed by atoms with E-state index in [0.29, 0.717) is 13.0 Å². The summed E-state index contributed by atoms with van der Waals surface area (Å²) in [7, 11) is 0. The van der Waals surface area contributed by atoms with Crippen molar-refractivity contribution in [2.75, 3.05) is 50.8 Å². The average molecular weight is 378 g/mol. The molecule has 6 nitrogen and oxygen atoms in total. The summed E-state index contributed by atoms with van der Waals surface area (Å²) in [5.41, 5.74) is 0.830. The van der Waals surface area contributed by atoms with Gasteiger partial charge in [0.25, 0.3) is 0 Å². The number of benzene rings is 1. The summed E-state index contributed by atoms with van der Waals surface area (Å²) in [5, 5.41) is 2.95. The molecule has 7 heteroatoms. The van der Waals surface area contributed by atoms with E-state index in [1.807, 2.05) is 24.3 Å². The van der Waals surface area contributed by atoms with Crippen molar-refractivity contribution >= 4 is 29.3 Å². The van der Waals surface area contributed by atoms with E-state index in [0.717, 1.165) is 43.4 Å². The van der Waals surface area contributed by atoms with Crippen LogP contribution in [0.1, 0.15) is 20.3 Å². The maximum absolute atomic E-state index is 12.8. The Bertz CT molecular complexity index is 659. The summed E-state index contributed by atoms with van der Waals surface area (Å²) in [6, 6.07) is 7.82. The molecule has 0 bridgehead atoms. The van der Waals surface area contributed by atoms with E-state index in [9.17, 15) is 9.59 Å². The number of amides is 2. The van der Waals surface area contributed by atoms with Gasteiger partial charge in [-0.3, -0.25) is 14.5 Å². The molecule has 0 aromatic heterocycles. The van der Waals surface area contributed by atoms with Crippen LogP contribution in [0.3, 0.4) is 0 Å². The topological polar surface area (TPSA) is 61.9 Å². The van der Waals surface area contributed by atoms with Gasteiger partial charge in [-0.25, -0.2) is 0 Å². The van der Waals surface area contributed by atoms with Crippen LogP contribution in [-0.2, 0) is 14.3 Å². The van der Waals surface area contributed by atoms with Crippen LogP contribution in [0.25, 0.3) is 0 Å². The van der Waals surface area contributed by atoms with Crippen molar-refractivity contribution in [3.8, 4) is 0 Å². The molecule has 0 spiro atoms. The Morgan fingerprint density at radius 3 is 2.77 bits per heavy atom. The third kappa shape index (κ3) is 4.99. The first-order chi connectivity index (χ1) is 12.4. The molecule has 1 saturated heterocycles. The minimum absolute atomic E-state index is 0.00391. The van der Waals surface area contributed by atoms with Crippen molar-refractivity contribution in [2.24, 2.45) is 0 Å². The lowest BCUT2D eigenvalue weighted by atomic mass is 10.1. The summed E-state index contributed by atoms with van der Waals surface area (Å²) in [6.45, 7) is 8.90. The standard InChI is InChI=1S/C19H27N3O3S/c1-19(2)13-18(24)22(15-5-3-4-6-16(15)26-19)14-17(23)20-7-8-21-9-11-25-12-10-21/h3-6H,7-14H2,1-2H3,(H,20,23). The van der Waals surface area contributed by atoms with Crippen LogP contribution in [0, 0.1) is 0 Å². The number of carbonyl (C=O) groups is 2. The van der Waals surface area contributed by atoms with Gasteiger partial charge in [0, 0.05) is 42.2 Å². The molecule has 3 rings (SSSR count). The zero-order valence-corrected chi connectivity index (χ0v) is 16.3. The first-order valence-electron chi connectivity index (χ1n) is 9.10. The van der Waals surface area contributed by atoms with Gasteiger partial charge in [-0.1, -0.05) is 12.1 Å². The molecule has 2 amide bonds. The highest BCUT2D eigenvalue weighted by atomic mass is 32.2. The summed E-state index contributed by atoms with van der Waals surface area (Å²) >= 11 is 1.69. The smallest absolute Gasteiger partial charge is 0.240 e. The molecule has 1 aromatic carbocycles. The Balaban J connectivity index is 1.60. The molecule has 2 heterocycles. The van der Waals surface area contributed by atoms with Crippen LogP contribution in [-0.4, -0.2) is 67.4 Å². The Labute approximate surface area is 159 Å². The van der Waals surface area contributed by atoms with Crippen LogP contribution in [0.2, 0.25) is 0 Å². The SMILES string of the molecule is CC1(C)CC(=O)N(CC(=O)NCCN2CCOCC2)c2ccccc2S1. The van der Waals surface area contributed by atoms with Gasteiger partial charge in [0.1, 0.15) is 6.54 Å². The lowest BCUT2D eigenvalue weighted by Crippen LogP contribution is -2.45. The second-order valence-corrected chi connectivity index (χ2v) is 9.04. The van der Waals surface area contributed by atoms with Crippen LogP contribution < -0.4 is 10.2 Å². The van der Waals surface area contributed by atoms with Crippen molar-refractivity contribution in [3.63, 3.8) is 0 Å². The fraction of sp³-hybridized carbons (Fsp3) is 0.579. The minimum Gasteiger partial charge on any atom is -0.379 e. The fourth-order valence-corrected chi connectivity index (χ4v) is 4.47. The number of para-hydroxylation sites is 1. The molecule has 1 fully saturated rings. The Hall–Kier alpha value is -1.57. The van der Waals surface area contributed by atoms with Gasteiger partial charge in [0.15, 0.2) is 0 Å². The number of thioether (sulfide) groups is 1. The Morgan fingerprint density at radius 1 is 1.27 bits per heavy atom. The number of hydrogen-bond acceptors (Lipinski definition) is 5. The quantitative estimate of drug-likeness (QED) is 0.847.